The van der Waals surface area contributed by atoms with Crippen molar-refractivity contribution in [3.63, 3.8) is 0 Å². The van der Waals surface area contributed by atoms with Crippen molar-refractivity contribution >= 4 is 23.4 Å². The van der Waals surface area contributed by atoms with Crippen LogP contribution in [0, 0.1) is 0 Å². The highest BCUT2D eigenvalue weighted by molar-refractivity contribution is 6.32. The van der Waals surface area contributed by atoms with Crippen LogP contribution < -0.4 is 18.9 Å². The summed E-state index contributed by atoms with van der Waals surface area (Å²) in [6.07, 6.45) is 0. The summed E-state index contributed by atoms with van der Waals surface area (Å²) in [4.78, 5) is 24.9. The summed E-state index contributed by atoms with van der Waals surface area (Å²) < 4.78 is 27.1. The molecule has 0 N–H and O–H groups in total. The lowest BCUT2D eigenvalue weighted by molar-refractivity contribution is 0.0474. The average molecular weight is 437 g/mol. The predicted molar refractivity (Wildman–Crippen MR) is 113 cm³/mol. The number of rotatable bonds is 11. The summed E-state index contributed by atoms with van der Waals surface area (Å²) in [7, 11) is 1.48. The Labute approximate surface area is 180 Å². The largest absolute Gasteiger partial charge is 0.495 e. The molecule has 8 heteroatoms. The van der Waals surface area contributed by atoms with Crippen molar-refractivity contribution in [1.29, 1.82) is 0 Å². The maximum absolute atomic E-state index is 12.6. The van der Waals surface area contributed by atoms with Crippen molar-refractivity contribution in [3.05, 3.63) is 46.5 Å². The molecule has 0 aliphatic rings. The number of ether oxygens (including phenoxy) is 5. The van der Waals surface area contributed by atoms with E-state index in [1.807, 2.05) is 20.8 Å². The molecule has 0 unspecified atom stereocenters. The number of Topliss-reactive ketones (excluding diaryl/α,β-unsaturated/α-hetero) is 1. The minimum atomic E-state index is -0.687. The third kappa shape index (κ3) is 5.79. The molecule has 0 amide bonds. The standard InChI is InChI=1S/C22H25ClO7/c1-5-27-19-11-15(12-20(28-6-2)21(19)29-7-3)22(25)30-13-17(24)14-8-9-18(26-4)16(23)10-14/h8-12H,5-7,13H2,1-4H3. The number of methoxy groups -OCH3 is 1. The zero-order chi connectivity index (χ0) is 22.1. The van der Waals surface area contributed by atoms with E-state index in [1.54, 1.807) is 12.1 Å². The SMILES string of the molecule is CCOc1cc(C(=O)OCC(=O)c2ccc(OC)c(Cl)c2)cc(OCC)c1OCC. The molecule has 2 rings (SSSR count). The highest BCUT2D eigenvalue weighted by atomic mass is 35.5. The van der Waals surface area contributed by atoms with Crippen LogP contribution in [-0.4, -0.2) is 45.3 Å². The lowest BCUT2D eigenvalue weighted by Gasteiger charge is -2.16. The molecule has 0 aliphatic carbocycles. The van der Waals surface area contributed by atoms with Crippen molar-refractivity contribution in [2.75, 3.05) is 33.5 Å². The normalized spacial score (nSPS) is 10.3. The van der Waals surface area contributed by atoms with Gasteiger partial charge in [0, 0.05) is 5.56 Å². The lowest BCUT2D eigenvalue weighted by Crippen LogP contribution is -2.15. The van der Waals surface area contributed by atoms with Crippen LogP contribution >= 0.6 is 11.6 Å². The lowest BCUT2D eigenvalue weighted by atomic mass is 10.1. The zero-order valence-electron chi connectivity index (χ0n) is 17.5. The van der Waals surface area contributed by atoms with E-state index >= 15 is 0 Å². The molecule has 7 nitrogen and oxygen atoms in total. The molecular weight excluding hydrogens is 412 g/mol. The molecule has 0 radical (unpaired) electrons. The van der Waals surface area contributed by atoms with Gasteiger partial charge in [-0.3, -0.25) is 4.79 Å². The van der Waals surface area contributed by atoms with E-state index in [9.17, 15) is 9.59 Å². The Balaban J connectivity index is 2.19. The highest BCUT2D eigenvalue weighted by Crippen LogP contribution is 2.39. The summed E-state index contributed by atoms with van der Waals surface area (Å²) in [5.74, 6) is 0.519. The second-order valence-corrected chi connectivity index (χ2v) is 6.36. The van der Waals surface area contributed by atoms with E-state index in [0.717, 1.165) is 0 Å². The minimum absolute atomic E-state index is 0.186. The monoisotopic (exact) mass is 436 g/mol. The molecule has 0 saturated carbocycles. The van der Waals surface area contributed by atoms with Gasteiger partial charge < -0.3 is 23.7 Å². The van der Waals surface area contributed by atoms with Crippen LogP contribution in [0.3, 0.4) is 0 Å². The van der Waals surface area contributed by atoms with Gasteiger partial charge in [-0.1, -0.05) is 11.6 Å². The Bertz CT molecular complexity index is 868. The highest BCUT2D eigenvalue weighted by Gasteiger charge is 2.20. The fourth-order valence-electron chi connectivity index (χ4n) is 2.64. The van der Waals surface area contributed by atoms with Gasteiger partial charge >= 0.3 is 5.97 Å². The van der Waals surface area contributed by atoms with Gasteiger partial charge in [-0.2, -0.15) is 0 Å². The van der Waals surface area contributed by atoms with Crippen LogP contribution in [0.2, 0.25) is 5.02 Å². The van der Waals surface area contributed by atoms with Crippen molar-refractivity contribution in [1.82, 2.24) is 0 Å². The number of halogens is 1. The number of esters is 1. The van der Waals surface area contributed by atoms with Crippen LogP contribution in [-0.2, 0) is 4.74 Å². The topological polar surface area (TPSA) is 80.3 Å². The van der Waals surface area contributed by atoms with E-state index in [4.69, 9.17) is 35.3 Å². The molecular formula is C22H25ClO7. The van der Waals surface area contributed by atoms with Gasteiger partial charge in [0.25, 0.3) is 0 Å². The molecule has 0 atom stereocenters. The number of carbonyl (C=O) groups is 2. The van der Waals surface area contributed by atoms with E-state index in [1.165, 1.54) is 25.3 Å². The smallest absolute Gasteiger partial charge is 0.338 e. The third-order valence-electron chi connectivity index (χ3n) is 3.95. The van der Waals surface area contributed by atoms with Crippen LogP contribution in [0.1, 0.15) is 41.5 Å². The van der Waals surface area contributed by atoms with Crippen molar-refractivity contribution in [2.45, 2.75) is 20.8 Å². The predicted octanol–water partition coefficient (Wildman–Crippen LogP) is 4.58. The Morgan fingerprint density at radius 3 is 1.93 bits per heavy atom. The molecule has 2 aromatic carbocycles. The molecule has 0 fully saturated rings. The molecule has 0 aromatic heterocycles. The molecule has 0 spiro atoms. The first-order chi connectivity index (χ1) is 14.4. The van der Waals surface area contributed by atoms with Crippen LogP contribution in [0.5, 0.6) is 23.0 Å². The average Bonchev–Trinajstić information content (AvgIpc) is 2.74. The molecule has 0 saturated heterocycles. The minimum Gasteiger partial charge on any atom is -0.495 e. The first-order valence-corrected chi connectivity index (χ1v) is 9.93. The quantitative estimate of drug-likeness (QED) is 0.376. The van der Waals surface area contributed by atoms with E-state index < -0.39 is 18.4 Å². The second-order valence-electron chi connectivity index (χ2n) is 5.95. The van der Waals surface area contributed by atoms with Gasteiger partial charge in [0.15, 0.2) is 23.9 Å². The molecule has 0 bridgehead atoms. The number of benzene rings is 2. The van der Waals surface area contributed by atoms with E-state index in [2.05, 4.69) is 0 Å². The maximum atomic E-state index is 12.6. The van der Waals surface area contributed by atoms with Gasteiger partial charge in [0.1, 0.15) is 5.75 Å². The van der Waals surface area contributed by atoms with Crippen molar-refractivity contribution in [3.8, 4) is 23.0 Å². The van der Waals surface area contributed by atoms with Crippen LogP contribution in [0.25, 0.3) is 0 Å². The Hall–Kier alpha value is -2.93. The van der Waals surface area contributed by atoms with E-state index in [0.29, 0.717) is 53.4 Å². The summed E-state index contributed by atoms with van der Waals surface area (Å²) in [5, 5.41) is 0.295. The number of hydrogen-bond donors (Lipinski definition) is 0. The van der Waals surface area contributed by atoms with Crippen LogP contribution in [0.4, 0.5) is 0 Å². The number of ketones is 1. The number of hydrogen-bond acceptors (Lipinski definition) is 7. The molecule has 0 aliphatic heterocycles. The maximum Gasteiger partial charge on any atom is 0.338 e. The first-order valence-electron chi connectivity index (χ1n) is 9.55. The zero-order valence-corrected chi connectivity index (χ0v) is 18.2. The van der Waals surface area contributed by atoms with Gasteiger partial charge in [-0.15, -0.1) is 0 Å². The molecule has 0 heterocycles. The third-order valence-corrected chi connectivity index (χ3v) is 4.25. The van der Waals surface area contributed by atoms with Crippen LogP contribution in [0.15, 0.2) is 30.3 Å². The van der Waals surface area contributed by atoms with Gasteiger partial charge in [0.2, 0.25) is 5.75 Å². The summed E-state index contributed by atoms with van der Waals surface area (Å²) in [6.45, 7) is 6.19. The van der Waals surface area contributed by atoms with Crippen molar-refractivity contribution in [2.24, 2.45) is 0 Å². The summed E-state index contributed by atoms with van der Waals surface area (Å²) >= 11 is 6.04. The molecule has 30 heavy (non-hydrogen) atoms. The van der Waals surface area contributed by atoms with E-state index in [-0.39, 0.29) is 5.56 Å². The van der Waals surface area contributed by atoms with Gasteiger partial charge in [-0.25, -0.2) is 4.79 Å². The summed E-state index contributed by atoms with van der Waals surface area (Å²) in [5.41, 5.74) is 0.497. The van der Waals surface area contributed by atoms with Crippen molar-refractivity contribution < 1.29 is 33.3 Å². The molecule has 162 valence electrons. The second kappa shape index (κ2) is 11.3. The fourth-order valence-corrected chi connectivity index (χ4v) is 2.90. The Morgan fingerprint density at radius 2 is 1.43 bits per heavy atom. The van der Waals surface area contributed by atoms with Gasteiger partial charge in [-0.05, 0) is 51.1 Å². The summed E-state index contributed by atoms with van der Waals surface area (Å²) in [6, 6.07) is 7.61. The first kappa shape index (κ1) is 23.3. The molecule has 2 aromatic rings. The Morgan fingerprint density at radius 1 is 0.833 bits per heavy atom. The Kier molecular flexibility index (Phi) is 8.80. The number of carbonyl (C=O) groups excluding carboxylic acids is 2. The fraction of sp³-hybridized carbons (Fsp3) is 0.364. The van der Waals surface area contributed by atoms with Gasteiger partial charge in [0.05, 0.1) is 37.5 Å².